The standard InChI is InChI=1S/C38H43N7O8/c1-39-30(46)19-20-51-33-32(47)29(53-36(33)45-23-40-31-34(45)42-37(43-35(31)48)41-22-44(2)3)21-52-38(24-9-7-6-8-10-24,25-11-15-27(49-4)16-12-25)26-13-17-28(50-5)18-14-26/h6-18,22-23,29,32-33,36,47H,19-21H2,1-5H3,(H,39,46)(H,42,43,48)/t29-,32-,33-,36-/m1/s1. The number of aromatic amines is 1. The third-order valence-electron chi connectivity index (χ3n) is 8.97. The lowest BCUT2D eigenvalue weighted by Gasteiger charge is -2.37. The maximum atomic E-state index is 13.0. The van der Waals surface area contributed by atoms with Gasteiger partial charge in [0.1, 0.15) is 35.4 Å². The maximum Gasteiger partial charge on any atom is 0.280 e. The molecule has 0 unspecified atom stereocenters. The highest BCUT2D eigenvalue weighted by Gasteiger charge is 2.48. The Balaban J connectivity index is 1.40. The number of nitrogens with zero attached hydrogens (tertiary/aromatic N) is 5. The number of imidazole rings is 1. The van der Waals surface area contributed by atoms with Crippen molar-refractivity contribution in [3.05, 3.63) is 112 Å². The van der Waals surface area contributed by atoms with Crippen molar-refractivity contribution >= 4 is 29.4 Å². The van der Waals surface area contributed by atoms with E-state index in [-0.39, 0.29) is 42.7 Å². The van der Waals surface area contributed by atoms with Gasteiger partial charge < -0.3 is 39.0 Å². The average Bonchev–Trinajstić information content (AvgIpc) is 3.75. The lowest BCUT2D eigenvalue weighted by atomic mass is 9.80. The zero-order valence-electron chi connectivity index (χ0n) is 30.1. The van der Waals surface area contributed by atoms with Crippen LogP contribution < -0.4 is 20.3 Å². The van der Waals surface area contributed by atoms with Gasteiger partial charge in [-0.05, 0) is 41.0 Å². The van der Waals surface area contributed by atoms with Gasteiger partial charge in [0, 0.05) is 27.6 Å². The largest absolute Gasteiger partial charge is 0.497 e. The van der Waals surface area contributed by atoms with Gasteiger partial charge in [-0.25, -0.2) is 9.98 Å². The summed E-state index contributed by atoms with van der Waals surface area (Å²) in [6, 6.07) is 25.0. The number of carbonyl (C=O) groups is 1. The number of amides is 1. The molecule has 1 aliphatic rings. The molecular weight excluding hydrogens is 682 g/mol. The number of methoxy groups -OCH3 is 2. The molecule has 1 amide bonds. The third kappa shape index (κ3) is 7.78. The van der Waals surface area contributed by atoms with Crippen LogP contribution in [0.1, 0.15) is 29.3 Å². The topological polar surface area (TPSA) is 175 Å². The highest BCUT2D eigenvalue weighted by Crippen LogP contribution is 2.43. The van der Waals surface area contributed by atoms with E-state index in [9.17, 15) is 14.7 Å². The van der Waals surface area contributed by atoms with Crippen LogP contribution in [0.2, 0.25) is 0 Å². The zero-order chi connectivity index (χ0) is 37.5. The second-order valence-corrected chi connectivity index (χ2v) is 12.6. The molecule has 1 aliphatic heterocycles. The molecule has 278 valence electrons. The predicted octanol–water partition coefficient (Wildman–Crippen LogP) is 3.15. The van der Waals surface area contributed by atoms with E-state index >= 15 is 0 Å². The molecule has 1 saturated heterocycles. The molecule has 0 bridgehead atoms. The van der Waals surface area contributed by atoms with E-state index < -0.39 is 35.7 Å². The molecule has 0 spiro atoms. The molecule has 53 heavy (non-hydrogen) atoms. The summed E-state index contributed by atoms with van der Waals surface area (Å²) in [5.74, 6) is 1.18. The number of aliphatic hydroxyl groups is 1. The van der Waals surface area contributed by atoms with Gasteiger partial charge in [0.25, 0.3) is 5.56 Å². The van der Waals surface area contributed by atoms with Crippen LogP contribution in [0.4, 0.5) is 5.95 Å². The quantitative estimate of drug-likeness (QED) is 0.0822. The molecule has 4 atom stereocenters. The minimum Gasteiger partial charge on any atom is -0.497 e. The number of carbonyl (C=O) groups excluding carboxylic acids is 1. The number of rotatable bonds is 15. The number of aliphatic hydroxyl groups excluding tert-OH is 1. The third-order valence-corrected chi connectivity index (χ3v) is 8.97. The fraction of sp³-hybridized carbons (Fsp3) is 0.342. The Labute approximate surface area is 306 Å². The summed E-state index contributed by atoms with van der Waals surface area (Å²) in [7, 11) is 8.32. The van der Waals surface area contributed by atoms with E-state index in [4.69, 9.17) is 23.7 Å². The Hall–Kier alpha value is -5.61. The fourth-order valence-electron chi connectivity index (χ4n) is 6.29. The summed E-state index contributed by atoms with van der Waals surface area (Å²) in [5, 5.41) is 14.5. The van der Waals surface area contributed by atoms with E-state index in [2.05, 4.69) is 25.3 Å². The van der Waals surface area contributed by atoms with Crippen LogP contribution in [0.25, 0.3) is 11.2 Å². The first-order valence-corrected chi connectivity index (χ1v) is 17.0. The summed E-state index contributed by atoms with van der Waals surface area (Å²) < 4.78 is 32.2. The number of aliphatic imine (C=N–C) groups is 1. The molecule has 3 aromatic carbocycles. The summed E-state index contributed by atoms with van der Waals surface area (Å²) in [6.45, 7) is -0.127. The average molecular weight is 726 g/mol. The number of aromatic nitrogens is 4. The molecule has 0 saturated carbocycles. The molecule has 6 rings (SSSR count). The van der Waals surface area contributed by atoms with Crippen molar-refractivity contribution in [2.45, 2.75) is 36.6 Å². The van der Waals surface area contributed by atoms with Crippen LogP contribution in [0, 0.1) is 0 Å². The molecule has 5 aromatic rings. The van der Waals surface area contributed by atoms with Crippen molar-refractivity contribution < 1.29 is 33.6 Å². The Kier molecular flexibility index (Phi) is 11.5. The number of benzene rings is 3. The van der Waals surface area contributed by atoms with E-state index in [0.717, 1.165) is 16.7 Å². The SMILES string of the molecule is CNC(=O)CCO[C@@H]1[C@H](O)[C@@H](COC(c2ccccc2)(c2ccc(OC)cc2)c2ccc(OC)cc2)O[C@H]1n1cnc2c(=O)[nH]c(N=CN(C)C)nc21. The van der Waals surface area contributed by atoms with Crippen LogP contribution in [-0.2, 0) is 24.6 Å². The van der Waals surface area contributed by atoms with E-state index in [1.165, 1.54) is 24.3 Å². The molecule has 3 heterocycles. The van der Waals surface area contributed by atoms with Crippen molar-refractivity contribution in [3.8, 4) is 11.5 Å². The van der Waals surface area contributed by atoms with Crippen molar-refractivity contribution in [1.82, 2.24) is 29.7 Å². The van der Waals surface area contributed by atoms with Gasteiger partial charge in [-0.15, -0.1) is 0 Å². The Morgan fingerprint density at radius 3 is 2.23 bits per heavy atom. The lowest BCUT2D eigenvalue weighted by Crippen LogP contribution is -2.40. The Bertz CT molecular complexity index is 2020. The highest BCUT2D eigenvalue weighted by molar-refractivity contribution is 5.75. The normalized spacial score (nSPS) is 18.8. The number of hydrogen-bond acceptors (Lipinski definition) is 11. The minimum absolute atomic E-state index is 0.0144. The van der Waals surface area contributed by atoms with Crippen LogP contribution in [0.15, 0.2) is 95.0 Å². The van der Waals surface area contributed by atoms with Gasteiger partial charge >= 0.3 is 0 Å². The van der Waals surface area contributed by atoms with Crippen LogP contribution >= 0.6 is 0 Å². The number of hydrogen-bond donors (Lipinski definition) is 3. The second-order valence-electron chi connectivity index (χ2n) is 12.6. The Morgan fingerprint density at radius 2 is 1.64 bits per heavy atom. The number of nitrogens with one attached hydrogen (secondary N) is 2. The number of ether oxygens (including phenoxy) is 5. The first-order chi connectivity index (χ1) is 25.7. The highest BCUT2D eigenvalue weighted by atomic mass is 16.6. The maximum absolute atomic E-state index is 13.0. The predicted molar refractivity (Wildman–Crippen MR) is 197 cm³/mol. The summed E-state index contributed by atoms with van der Waals surface area (Å²) in [5.41, 5.74) is 0.964. The van der Waals surface area contributed by atoms with Gasteiger partial charge in [-0.3, -0.25) is 19.1 Å². The van der Waals surface area contributed by atoms with E-state index in [1.54, 1.807) is 33.2 Å². The van der Waals surface area contributed by atoms with Crippen LogP contribution in [-0.4, -0.2) is 109 Å². The van der Waals surface area contributed by atoms with Crippen LogP contribution in [0.3, 0.4) is 0 Å². The second kappa shape index (κ2) is 16.4. The van der Waals surface area contributed by atoms with E-state index in [1.807, 2.05) is 78.9 Å². The molecular formula is C38H43N7O8. The fourth-order valence-corrected chi connectivity index (χ4v) is 6.29. The van der Waals surface area contributed by atoms with Gasteiger partial charge in [0.2, 0.25) is 11.9 Å². The summed E-state index contributed by atoms with van der Waals surface area (Å²) in [4.78, 5) is 42.5. The molecule has 0 aliphatic carbocycles. The van der Waals surface area contributed by atoms with Gasteiger partial charge in [0.15, 0.2) is 17.4 Å². The first-order valence-electron chi connectivity index (χ1n) is 17.0. The molecule has 3 N–H and O–H groups in total. The molecule has 15 nitrogen and oxygen atoms in total. The minimum atomic E-state index is -1.24. The van der Waals surface area contributed by atoms with E-state index in [0.29, 0.717) is 11.5 Å². The lowest BCUT2D eigenvalue weighted by molar-refractivity contribution is -0.124. The summed E-state index contributed by atoms with van der Waals surface area (Å²) >= 11 is 0. The first kappa shape index (κ1) is 37.2. The van der Waals surface area contributed by atoms with Gasteiger partial charge in [-0.1, -0.05) is 54.6 Å². The van der Waals surface area contributed by atoms with Crippen molar-refractivity contribution in [2.24, 2.45) is 4.99 Å². The number of fused-ring (bicyclic) bond motifs is 1. The molecule has 0 radical (unpaired) electrons. The summed E-state index contributed by atoms with van der Waals surface area (Å²) in [6.07, 6.45) is -1.25. The molecule has 1 fully saturated rings. The zero-order valence-corrected chi connectivity index (χ0v) is 30.1. The van der Waals surface area contributed by atoms with Crippen molar-refractivity contribution in [1.29, 1.82) is 0 Å². The molecule has 2 aromatic heterocycles. The Morgan fingerprint density at radius 1 is 1.02 bits per heavy atom. The van der Waals surface area contributed by atoms with Gasteiger partial charge in [-0.2, -0.15) is 4.98 Å². The van der Waals surface area contributed by atoms with Crippen molar-refractivity contribution in [3.63, 3.8) is 0 Å². The van der Waals surface area contributed by atoms with Crippen LogP contribution in [0.5, 0.6) is 11.5 Å². The number of H-pyrrole nitrogens is 1. The molecule has 15 heteroatoms. The monoisotopic (exact) mass is 725 g/mol. The smallest absolute Gasteiger partial charge is 0.280 e. The van der Waals surface area contributed by atoms with Gasteiger partial charge in [0.05, 0.1) is 40.1 Å². The van der Waals surface area contributed by atoms with Crippen molar-refractivity contribution in [2.75, 3.05) is 48.6 Å².